The second-order valence-corrected chi connectivity index (χ2v) is 7.25. The molecule has 2 aromatic heterocycles. The van der Waals surface area contributed by atoms with Crippen molar-refractivity contribution in [2.75, 3.05) is 6.61 Å². The molecule has 0 saturated heterocycles. The van der Waals surface area contributed by atoms with Crippen LogP contribution < -0.4 is 16.0 Å². The Hall–Kier alpha value is -3.32. The van der Waals surface area contributed by atoms with Crippen LogP contribution in [-0.2, 0) is 19.6 Å². The van der Waals surface area contributed by atoms with Gasteiger partial charge in [0.25, 0.3) is 5.56 Å². The quantitative estimate of drug-likeness (QED) is 0.457. The third-order valence-electron chi connectivity index (χ3n) is 4.91. The third kappa shape index (κ3) is 3.89. The number of imidazole rings is 1. The van der Waals surface area contributed by atoms with E-state index in [-0.39, 0.29) is 18.7 Å². The van der Waals surface area contributed by atoms with Crippen molar-refractivity contribution in [1.29, 1.82) is 0 Å². The van der Waals surface area contributed by atoms with Gasteiger partial charge >= 0.3 is 5.69 Å². The Morgan fingerprint density at radius 1 is 1.00 bits per heavy atom. The van der Waals surface area contributed by atoms with Crippen LogP contribution in [0.15, 0.2) is 70.5 Å². The first-order chi connectivity index (χ1) is 14.6. The average Bonchev–Trinajstić information content (AvgIpc) is 3.20. The molecule has 0 spiro atoms. The molecule has 8 heteroatoms. The molecule has 0 N–H and O–H groups in total. The zero-order valence-corrected chi connectivity index (χ0v) is 17.2. The zero-order valence-electron chi connectivity index (χ0n) is 16.5. The summed E-state index contributed by atoms with van der Waals surface area (Å²) in [5.74, 6) is 0.622. The maximum atomic E-state index is 13.2. The van der Waals surface area contributed by atoms with Gasteiger partial charge in [-0.25, -0.2) is 9.78 Å². The van der Waals surface area contributed by atoms with Crippen molar-refractivity contribution >= 4 is 22.8 Å². The van der Waals surface area contributed by atoms with Crippen molar-refractivity contribution < 1.29 is 4.74 Å². The number of halogens is 1. The minimum atomic E-state index is -0.405. The highest BCUT2D eigenvalue weighted by Gasteiger charge is 2.18. The number of hydrogen-bond acceptors (Lipinski definition) is 4. The lowest BCUT2D eigenvalue weighted by molar-refractivity contribution is 0.292. The number of fused-ring (bicyclic) bond motifs is 1. The van der Waals surface area contributed by atoms with Crippen LogP contribution >= 0.6 is 11.6 Å². The zero-order chi connectivity index (χ0) is 21.1. The highest BCUT2D eigenvalue weighted by Crippen LogP contribution is 2.15. The van der Waals surface area contributed by atoms with Crippen molar-refractivity contribution in [3.05, 3.63) is 92.3 Å². The monoisotopic (exact) mass is 424 g/mol. The van der Waals surface area contributed by atoms with Crippen LogP contribution in [0.5, 0.6) is 5.75 Å². The highest BCUT2D eigenvalue weighted by atomic mass is 35.5. The summed E-state index contributed by atoms with van der Waals surface area (Å²) in [6.07, 6.45) is 1.60. The van der Waals surface area contributed by atoms with E-state index in [0.717, 1.165) is 5.56 Å². The molecule has 30 heavy (non-hydrogen) atoms. The van der Waals surface area contributed by atoms with E-state index < -0.39 is 5.69 Å². The number of ether oxygens (including phenoxy) is 1. The summed E-state index contributed by atoms with van der Waals surface area (Å²) < 4.78 is 10.2. The molecule has 0 saturated carbocycles. The molecule has 0 fully saturated rings. The molecule has 0 aliphatic heterocycles. The Morgan fingerprint density at radius 3 is 2.43 bits per heavy atom. The molecule has 0 aliphatic carbocycles. The Bertz CT molecular complexity index is 1270. The van der Waals surface area contributed by atoms with Crippen LogP contribution in [0.3, 0.4) is 0 Å². The Kier molecular flexibility index (Phi) is 5.72. The first-order valence-electron chi connectivity index (χ1n) is 9.69. The standard InChI is InChI=1S/C22H21ClN4O3/c1-2-25-15-24-20-19(25)21(28)26(12-13-30-18-10-8-17(23)9-11-18)22(29)27(20)14-16-6-4-3-5-7-16/h3-11,15H,2,12-14H2,1H3. The third-order valence-corrected chi connectivity index (χ3v) is 5.16. The summed E-state index contributed by atoms with van der Waals surface area (Å²) in [4.78, 5) is 30.6. The van der Waals surface area contributed by atoms with Gasteiger partial charge in [-0.15, -0.1) is 0 Å². The molecular formula is C22H21ClN4O3. The van der Waals surface area contributed by atoms with Crippen molar-refractivity contribution in [1.82, 2.24) is 18.7 Å². The molecule has 0 aliphatic rings. The average molecular weight is 425 g/mol. The summed E-state index contributed by atoms with van der Waals surface area (Å²) in [5.41, 5.74) is 0.996. The lowest BCUT2D eigenvalue weighted by Gasteiger charge is -2.13. The van der Waals surface area contributed by atoms with Gasteiger partial charge in [-0.1, -0.05) is 41.9 Å². The minimum absolute atomic E-state index is 0.125. The highest BCUT2D eigenvalue weighted by molar-refractivity contribution is 6.30. The SMILES string of the molecule is CCn1cnc2c1c(=O)n(CCOc1ccc(Cl)cc1)c(=O)n2Cc1ccccc1. The van der Waals surface area contributed by atoms with Gasteiger partial charge < -0.3 is 9.30 Å². The van der Waals surface area contributed by atoms with Crippen molar-refractivity contribution in [3.63, 3.8) is 0 Å². The van der Waals surface area contributed by atoms with E-state index in [1.54, 1.807) is 39.7 Å². The number of aromatic nitrogens is 4. The lowest BCUT2D eigenvalue weighted by atomic mass is 10.2. The van der Waals surface area contributed by atoms with Crippen LogP contribution in [0.1, 0.15) is 12.5 Å². The molecule has 0 atom stereocenters. The summed E-state index contributed by atoms with van der Waals surface area (Å²) in [6, 6.07) is 16.6. The second kappa shape index (κ2) is 8.59. The van der Waals surface area contributed by atoms with E-state index >= 15 is 0 Å². The van der Waals surface area contributed by atoms with E-state index in [1.807, 2.05) is 37.3 Å². The maximum Gasteiger partial charge on any atom is 0.333 e. The van der Waals surface area contributed by atoms with Gasteiger partial charge in [-0.2, -0.15) is 0 Å². The Balaban J connectivity index is 1.72. The van der Waals surface area contributed by atoms with Crippen LogP contribution in [-0.4, -0.2) is 25.3 Å². The molecule has 2 aromatic carbocycles. The van der Waals surface area contributed by atoms with E-state index in [9.17, 15) is 9.59 Å². The van der Waals surface area contributed by atoms with Crippen molar-refractivity contribution in [3.8, 4) is 5.75 Å². The smallest absolute Gasteiger partial charge is 0.333 e. The summed E-state index contributed by atoms with van der Waals surface area (Å²) >= 11 is 5.89. The van der Waals surface area contributed by atoms with E-state index in [1.165, 1.54) is 4.57 Å². The van der Waals surface area contributed by atoms with Gasteiger partial charge in [0, 0.05) is 11.6 Å². The fraction of sp³-hybridized carbons (Fsp3) is 0.227. The summed E-state index contributed by atoms with van der Waals surface area (Å²) in [5, 5.41) is 0.612. The van der Waals surface area contributed by atoms with Gasteiger partial charge in [-0.05, 0) is 36.8 Å². The first kappa shape index (κ1) is 20.0. The maximum absolute atomic E-state index is 13.2. The fourth-order valence-corrected chi connectivity index (χ4v) is 3.50. The van der Waals surface area contributed by atoms with Gasteiger partial charge in [0.15, 0.2) is 11.2 Å². The molecule has 4 rings (SSSR count). The van der Waals surface area contributed by atoms with Crippen LogP contribution in [0.2, 0.25) is 5.02 Å². The molecular weight excluding hydrogens is 404 g/mol. The predicted molar refractivity (Wildman–Crippen MR) is 116 cm³/mol. The Labute approximate surface area is 177 Å². The van der Waals surface area contributed by atoms with Crippen LogP contribution in [0, 0.1) is 0 Å². The van der Waals surface area contributed by atoms with E-state index in [4.69, 9.17) is 16.3 Å². The van der Waals surface area contributed by atoms with Crippen molar-refractivity contribution in [2.45, 2.75) is 26.6 Å². The molecule has 0 unspecified atom stereocenters. The summed E-state index contributed by atoms with van der Waals surface area (Å²) in [7, 11) is 0. The molecule has 7 nitrogen and oxygen atoms in total. The topological polar surface area (TPSA) is 71.1 Å². The number of rotatable bonds is 7. The number of nitrogens with zero attached hydrogens (tertiary/aromatic N) is 4. The molecule has 0 amide bonds. The number of hydrogen-bond donors (Lipinski definition) is 0. The van der Waals surface area contributed by atoms with Gasteiger partial charge in [0.05, 0.1) is 19.4 Å². The first-order valence-corrected chi connectivity index (χ1v) is 10.1. The number of aryl methyl sites for hydroxylation is 1. The molecule has 0 radical (unpaired) electrons. The molecule has 2 heterocycles. The van der Waals surface area contributed by atoms with Crippen molar-refractivity contribution in [2.24, 2.45) is 0 Å². The summed E-state index contributed by atoms with van der Waals surface area (Å²) in [6.45, 7) is 3.14. The largest absolute Gasteiger partial charge is 0.492 e. The predicted octanol–water partition coefficient (Wildman–Crippen LogP) is 3.16. The molecule has 0 bridgehead atoms. The minimum Gasteiger partial charge on any atom is -0.492 e. The van der Waals surface area contributed by atoms with Gasteiger partial charge in [0.2, 0.25) is 0 Å². The lowest BCUT2D eigenvalue weighted by Crippen LogP contribution is -2.42. The Morgan fingerprint density at radius 2 is 1.73 bits per heavy atom. The van der Waals surface area contributed by atoms with Gasteiger partial charge in [-0.3, -0.25) is 13.9 Å². The molecule has 4 aromatic rings. The molecule has 154 valence electrons. The van der Waals surface area contributed by atoms with Gasteiger partial charge in [0.1, 0.15) is 12.4 Å². The normalized spacial score (nSPS) is 11.1. The fourth-order valence-electron chi connectivity index (χ4n) is 3.37. The van der Waals surface area contributed by atoms with Crippen LogP contribution in [0.4, 0.5) is 0 Å². The van der Waals surface area contributed by atoms with Crippen LogP contribution in [0.25, 0.3) is 11.2 Å². The van der Waals surface area contributed by atoms with E-state index in [2.05, 4.69) is 4.98 Å². The van der Waals surface area contributed by atoms with E-state index in [0.29, 0.717) is 35.0 Å². The second-order valence-electron chi connectivity index (χ2n) is 6.82. The number of benzene rings is 2.